The third-order valence-electron chi connectivity index (χ3n) is 1.32. The highest BCUT2D eigenvalue weighted by Gasteiger charge is 1.91. The lowest BCUT2D eigenvalue weighted by Crippen LogP contribution is -2.06. The Morgan fingerprint density at radius 1 is 1.33 bits per heavy atom. The van der Waals surface area contributed by atoms with Gasteiger partial charge in [-0.2, -0.15) is 0 Å². The van der Waals surface area contributed by atoms with E-state index in [2.05, 4.69) is 26.1 Å². The predicted octanol–water partition coefficient (Wildman–Crippen LogP) is 2.05. The molecule has 0 amide bonds. The summed E-state index contributed by atoms with van der Waals surface area (Å²) in [5.41, 5.74) is 0. The molecule has 1 radical (unpaired) electrons. The average molecular weight is 128 g/mol. The Hall–Kier alpha value is -0.0400. The zero-order valence-corrected chi connectivity index (χ0v) is 6.85. The van der Waals surface area contributed by atoms with Crippen LogP contribution in [0.1, 0.15) is 33.6 Å². The number of nitrogens with zero attached hydrogens (tertiary/aromatic N) is 1. The molecule has 1 nitrogen and oxygen atoms in total. The second kappa shape index (κ2) is 6.09. The molecule has 0 unspecified atom stereocenters. The molecular formula is C8H18N. The third-order valence-corrected chi connectivity index (χ3v) is 1.32. The molecule has 0 spiro atoms. The van der Waals surface area contributed by atoms with Crippen molar-refractivity contribution >= 4 is 0 Å². The second-order valence-corrected chi connectivity index (χ2v) is 2.80. The van der Waals surface area contributed by atoms with E-state index in [1.54, 1.807) is 0 Å². The van der Waals surface area contributed by atoms with Crippen LogP contribution in [0.5, 0.6) is 0 Å². The smallest absolute Gasteiger partial charge is 0.0133 e. The minimum atomic E-state index is 0.844. The van der Waals surface area contributed by atoms with Crippen molar-refractivity contribution in [3.8, 4) is 0 Å². The Morgan fingerprint density at radius 2 is 2.00 bits per heavy atom. The van der Waals surface area contributed by atoms with Crippen molar-refractivity contribution in [1.29, 1.82) is 0 Å². The lowest BCUT2D eigenvalue weighted by atomic mass is 10.1. The van der Waals surface area contributed by atoms with Crippen LogP contribution in [0.15, 0.2) is 0 Å². The van der Waals surface area contributed by atoms with Crippen molar-refractivity contribution in [2.45, 2.75) is 33.6 Å². The second-order valence-electron chi connectivity index (χ2n) is 2.80. The lowest BCUT2D eigenvalue weighted by Gasteiger charge is -2.02. The van der Waals surface area contributed by atoms with Gasteiger partial charge in [0.15, 0.2) is 0 Å². The van der Waals surface area contributed by atoms with E-state index in [-0.39, 0.29) is 0 Å². The molecule has 0 aliphatic rings. The van der Waals surface area contributed by atoms with Crippen LogP contribution in [0.4, 0.5) is 0 Å². The molecule has 0 saturated carbocycles. The first-order chi connectivity index (χ1) is 4.27. The highest BCUT2D eigenvalue weighted by molar-refractivity contribution is 4.47. The van der Waals surface area contributed by atoms with Crippen LogP contribution in [-0.2, 0) is 0 Å². The third kappa shape index (κ3) is 7.96. The summed E-state index contributed by atoms with van der Waals surface area (Å²) in [6, 6.07) is 0. The summed E-state index contributed by atoms with van der Waals surface area (Å²) < 4.78 is 0. The van der Waals surface area contributed by atoms with E-state index in [4.69, 9.17) is 0 Å². The first kappa shape index (κ1) is 8.96. The van der Waals surface area contributed by atoms with Gasteiger partial charge in [0.25, 0.3) is 0 Å². The van der Waals surface area contributed by atoms with Crippen LogP contribution >= 0.6 is 0 Å². The molecule has 0 heterocycles. The van der Waals surface area contributed by atoms with Gasteiger partial charge in [0.05, 0.1) is 0 Å². The highest BCUT2D eigenvalue weighted by Crippen LogP contribution is 2.01. The van der Waals surface area contributed by atoms with Crippen molar-refractivity contribution in [2.24, 2.45) is 5.92 Å². The van der Waals surface area contributed by atoms with Gasteiger partial charge in [-0.1, -0.05) is 20.8 Å². The van der Waals surface area contributed by atoms with Gasteiger partial charge < -0.3 is 0 Å². The molecule has 0 aliphatic heterocycles. The van der Waals surface area contributed by atoms with E-state index in [0.29, 0.717) is 0 Å². The molecule has 0 rings (SSSR count). The summed E-state index contributed by atoms with van der Waals surface area (Å²) in [6.45, 7) is 8.65. The quantitative estimate of drug-likeness (QED) is 0.503. The molecule has 0 fully saturated rings. The Labute approximate surface area is 58.8 Å². The molecule has 0 N–H and O–H groups in total. The minimum Gasteiger partial charge on any atom is -0.242 e. The summed E-state index contributed by atoms with van der Waals surface area (Å²) in [5.74, 6) is 0.844. The summed E-state index contributed by atoms with van der Waals surface area (Å²) in [4.78, 5) is 0. The molecule has 0 atom stereocenters. The van der Waals surface area contributed by atoms with E-state index in [9.17, 15) is 0 Å². The molecule has 0 saturated heterocycles. The maximum Gasteiger partial charge on any atom is 0.0133 e. The van der Waals surface area contributed by atoms with E-state index in [1.165, 1.54) is 12.8 Å². The zero-order valence-electron chi connectivity index (χ0n) is 6.85. The number of hydrogen-bond acceptors (Lipinski definition) is 0. The maximum absolute atomic E-state index is 4.24. The first-order valence-electron chi connectivity index (χ1n) is 3.90. The van der Waals surface area contributed by atoms with Crippen molar-refractivity contribution in [1.82, 2.24) is 5.32 Å². The molecule has 0 aliphatic carbocycles. The highest BCUT2D eigenvalue weighted by atomic mass is 14.8. The van der Waals surface area contributed by atoms with Gasteiger partial charge in [0.1, 0.15) is 0 Å². The minimum absolute atomic E-state index is 0.844. The van der Waals surface area contributed by atoms with Crippen molar-refractivity contribution in [3.05, 3.63) is 0 Å². The molecule has 0 bridgehead atoms. The molecule has 9 heavy (non-hydrogen) atoms. The molecule has 0 aromatic heterocycles. The monoisotopic (exact) mass is 128 g/mol. The van der Waals surface area contributed by atoms with Crippen LogP contribution in [0.25, 0.3) is 0 Å². The van der Waals surface area contributed by atoms with E-state index < -0.39 is 0 Å². The Bertz CT molecular complexity index is 50.5. The van der Waals surface area contributed by atoms with E-state index in [0.717, 1.165) is 19.0 Å². The normalized spacial score (nSPS) is 10.7. The fraction of sp³-hybridized carbons (Fsp3) is 1.00. The van der Waals surface area contributed by atoms with E-state index in [1.807, 2.05) is 0 Å². The lowest BCUT2D eigenvalue weighted by molar-refractivity contribution is 0.530. The summed E-state index contributed by atoms with van der Waals surface area (Å²) in [5, 5.41) is 4.24. The van der Waals surface area contributed by atoms with Crippen LogP contribution < -0.4 is 5.32 Å². The largest absolute Gasteiger partial charge is 0.242 e. The van der Waals surface area contributed by atoms with Gasteiger partial charge in [0, 0.05) is 13.1 Å². The van der Waals surface area contributed by atoms with Crippen molar-refractivity contribution in [2.75, 3.05) is 13.1 Å². The standard InChI is InChI=1S/C8H18N/c1-4-9-7-5-6-8(2)3/h8H,4-7H2,1-3H3. The first-order valence-corrected chi connectivity index (χ1v) is 3.90. The van der Waals surface area contributed by atoms with Gasteiger partial charge in [-0.05, 0) is 18.8 Å². The SMILES string of the molecule is CC[N]CCCC(C)C. The summed E-state index contributed by atoms with van der Waals surface area (Å²) in [7, 11) is 0. The predicted molar refractivity (Wildman–Crippen MR) is 41.6 cm³/mol. The maximum atomic E-state index is 4.24. The van der Waals surface area contributed by atoms with Crippen LogP contribution in [0.3, 0.4) is 0 Å². The van der Waals surface area contributed by atoms with Gasteiger partial charge >= 0.3 is 0 Å². The van der Waals surface area contributed by atoms with Gasteiger partial charge in [-0.15, -0.1) is 0 Å². The van der Waals surface area contributed by atoms with Crippen molar-refractivity contribution < 1.29 is 0 Å². The Kier molecular flexibility index (Phi) is 6.06. The zero-order chi connectivity index (χ0) is 7.11. The fourth-order valence-electron chi connectivity index (χ4n) is 0.769. The van der Waals surface area contributed by atoms with E-state index >= 15 is 0 Å². The fourth-order valence-corrected chi connectivity index (χ4v) is 0.769. The summed E-state index contributed by atoms with van der Waals surface area (Å²) >= 11 is 0. The van der Waals surface area contributed by atoms with Crippen LogP contribution in [0, 0.1) is 5.92 Å². The van der Waals surface area contributed by atoms with Gasteiger partial charge in [-0.3, -0.25) is 0 Å². The molecule has 0 aromatic rings. The topological polar surface area (TPSA) is 14.1 Å². The van der Waals surface area contributed by atoms with Gasteiger partial charge in [-0.25, -0.2) is 5.32 Å². The molecule has 1 heteroatoms. The van der Waals surface area contributed by atoms with Crippen LogP contribution in [-0.4, -0.2) is 13.1 Å². The van der Waals surface area contributed by atoms with Crippen LogP contribution in [0.2, 0.25) is 0 Å². The molecule has 55 valence electrons. The average Bonchev–Trinajstić information content (AvgIpc) is 1.80. The van der Waals surface area contributed by atoms with Crippen molar-refractivity contribution in [3.63, 3.8) is 0 Å². The molecular weight excluding hydrogens is 110 g/mol. The Morgan fingerprint density at radius 3 is 2.44 bits per heavy atom. The number of rotatable bonds is 5. The summed E-state index contributed by atoms with van der Waals surface area (Å²) in [6.07, 6.45) is 2.59. The Balaban J connectivity index is 2.75. The van der Waals surface area contributed by atoms with Gasteiger partial charge in [0.2, 0.25) is 0 Å². The molecule has 0 aromatic carbocycles. The number of hydrogen-bond donors (Lipinski definition) is 0.